The van der Waals surface area contributed by atoms with Gasteiger partial charge >= 0.3 is 0 Å². The number of nitrogens with one attached hydrogen (secondary N) is 1. The van der Waals surface area contributed by atoms with Crippen molar-refractivity contribution in [3.8, 4) is 0 Å². The maximum Gasteiger partial charge on any atom is 0.149 e. The number of aryl methyl sites for hydroxylation is 1. The van der Waals surface area contributed by atoms with E-state index < -0.39 is 0 Å². The van der Waals surface area contributed by atoms with Crippen LogP contribution in [-0.4, -0.2) is 35.0 Å². The molecule has 80 valence electrons. The molecule has 1 unspecified atom stereocenters. The van der Waals surface area contributed by atoms with E-state index in [1.165, 1.54) is 0 Å². The van der Waals surface area contributed by atoms with Crippen LogP contribution in [0.25, 0.3) is 0 Å². The van der Waals surface area contributed by atoms with Crippen molar-refractivity contribution >= 4 is 0 Å². The van der Waals surface area contributed by atoms with Crippen LogP contribution in [0.2, 0.25) is 0 Å². The Balaban J connectivity index is 2.28. The van der Waals surface area contributed by atoms with E-state index in [9.17, 15) is 0 Å². The van der Waals surface area contributed by atoms with Crippen LogP contribution in [0.15, 0.2) is 6.33 Å². The molecule has 0 aliphatic heterocycles. The van der Waals surface area contributed by atoms with E-state index in [4.69, 9.17) is 4.74 Å². The number of rotatable bonds is 6. The first-order valence-electron chi connectivity index (χ1n) is 4.82. The molecule has 0 saturated carbocycles. The van der Waals surface area contributed by atoms with Crippen LogP contribution in [-0.2, 0) is 11.8 Å². The molecular weight excluding hydrogens is 180 g/mol. The van der Waals surface area contributed by atoms with Gasteiger partial charge < -0.3 is 14.6 Å². The smallest absolute Gasteiger partial charge is 0.149 e. The Kier molecular flexibility index (Phi) is 4.55. The van der Waals surface area contributed by atoms with E-state index >= 15 is 0 Å². The van der Waals surface area contributed by atoms with E-state index in [0.29, 0.717) is 0 Å². The second-order valence-corrected chi connectivity index (χ2v) is 3.32. The average Bonchev–Trinajstić information content (AvgIpc) is 2.59. The maximum absolute atomic E-state index is 4.96. The number of hydrogen-bond donors (Lipinski definition) is 1. The summed E-state index contributed by atoms with van der Waals surface area (Å²) < 4.78 is 6.89. The van der Waals surface area contributed by atoms with Crippen LogP contribution in [0.5, 0.6) is 0 Å². The van der Waals surface area contributed by atoms with Gasteiger partial charge in [-0.25, -0.2) is 0 Å². The zero-order valence-corrected chi connectivity index (χ0v) is 9.03. The Morgan fingerprint density at radius 2 is 2.43 bits per heavy atom. The summed E-state index contributed by atoms with van der Waals surface area (Å²) in [6.45, 7) is 3.80. The molecule has 1 heterocycles. The summed E-state index contributed by atoms with van der Waals surface area (Å²) in [5.74, 6) is 0.961. The quantitative estimate of drug-likeness (QED) is 0.676. The fraction of sp³-hybridized carbons (Fsp3) is 0.778. The van der Waals surface area contributed by atoms with Gasteiger partial charge in [-0.2, -0.15) is 0 Å². The summed E-state index contributed by atoms with van der Waals surface area (Å²) >= 11 is 0. The van der Waals surface area contributed by atoms with E-state index in [1.807, 2.05) is 11.6 Å². The number of nitrogens with zero attached hydrogens (tertiary/aromatic N) is 3. The molecular formula is C9H18N4O. The first-order chi connectivity index (χ1) is 6.75. The lowest BCUT2D eigenvalue weighted by Crippen LogP contribution is -2.23. The Morgan fingerprint density at radius 1 is 1.64 bits per heavy atom. The van der Waals surface area contributed by atoms with Gasteiger partial charge in [0.1, 0.15) is 12.2 Å². The minimum Gasteiger partial charge on any atom is -0.385 e. The lowest BCUT2D eigenvalue weighted by Gasteiger charge is -2.12. The van der Waals surface area contributed by atoms with Gasteiger partial charge in [0.15, 0.2) is 0 Å². The maximum atomic E-state index is 4.96. The van der Waals surface area contributed by atoms with Gasteiger partial charge in [-0.05, 0) is 19.9 Å². The predicted molar refractivity (Wildman–Crippen MR) is 53.9 cm³/mol. The fourth-order valence-corrected chi connectivity index (χ4v) is 1.31. The molecule has 0 aliphatic rings. The predicted octanol–water partition coefficient (Wildman–Crippen LogP) is 0.502. The molecule has 1 atom stereocenters. The SMILES string of the molecule is COCCCNC(C)c1nncn1C. The zero-order chi connectivity index (χ0) is 10.4. The lowest BCUT2D eigenvalue weighted by atomic mass is 10.3. The molecule has 14 heavy (non-hydrogen) atoms. The van der Waals surface area contributed by atoms with Gasteiger partial charge in [-0.15, -0.1) is 10.2 Å². The number of hydrogen-bond acceptors (Lipinski definition) is 4. The summed E-state index contributed by atoms with van der Waals surface area (Å²) in [7, 11) is 3.66. The van der Waals surface area contributed by atoms with Crippen LogP contribution in [0.1, 0.15) is 25.2 Å². The normalized spacial score (nSPS) is 13.1. The second-order valence-electron chi connectivity index (χ2n) is 3.32. The standard InChI is InChI=1S/C9H18N4O/c1-8(10-5-4-6-14-3)9-12-11-7-13(9)2/h7-8,10H,4-6H2,1-3H3. The summed E-state index contributed by atoms with van der Waals surface area (Å²) in [6.07, 6.45) is 2.72. The first kappa shape index (κ1) is 11.1. The van der Waals surface area contributed by atoms with E-state index in [1.54, 1.807) is 13.4 Å². The van der Waals surface area contributed by atoms with Crippen LogP contribution in [0.4, 0.5) is 0 Å². The molecule has 1 rings (SSSR count). The molecule has 0 aliphatic carbocycles. The zero-order valence-electron chi connectivity index (χ0n) is 9.03. The van der Waals surface area contributed by atoms with Crippen molar-refractivity contribution in [2.45, 2.75) is 19.4 Å². The Labute approximate surface area is 84.5 Å². The molecule has 5 heteroatoms. The highest BCUT2D eigenvalue weighted by Crippen LogP contribution is 2.06. The minimum atomic E-state index is 0.236. The molecule has 0 radical (unpaired) electrons. The lowest BCUT2D eigenvalue weighted by molar-refractivity contribution is 0.193. The number of ether oxygens (including phenoxy) is 1. The molecule has 1 aromatic rings. The van der Waals surface area contributed by atoms with E-state index in [2.05, 4.69) is 22.4 Å². The third kappa shape index (κ3) is 3.08. The first-order valence-corrected chi connectivity index (χ1v) is 4.82. The third-order valence-corrected chi connectivity index (χ3v) is 2.11. The van der Waals surface area contributed by atoms with Crippen molar-refractivity contribution in [1.29, 1.82) is 0 Å². The van der Waals surface area contributed by atoms with Gasteiger partial charge in [-0.3, -0.25) is 0 Å². The summed E-state index contributed by atoms with van der Waals surface area (Å²) in [5, 5.41) is 11.2. The van der Waals surface area contributed by atoms with Gasteiger partial charge in [-0.1, -0.05) is 0 Å². The molecule has 5 nitrogen and oxygen atoms in total. The number of methoxy groups -OCH3 is 1. The van der Waals surface area contributed by atoms with Crippen molar-refractivity contribution < 1.29 is 4.74 Å². The Hall–Kier alpha value is -0.940. The molecule has 0 bridgehead atoms. The highest BCUT2D eigenvalue weighted by Gasteiger charge is 2.09. The van der Waals surface area contributed by atoms with Crippen molar-refractivity contribution in [2.75, 3.05) is 20.3 Å². The molecule has 0 amide bonds. The molecule has 0 spiro atoms. The van der Waals surface area contributed by atoms with Crippen LogP contribution in [0, 0.1) is 0 Å². The highest BCUT2D eigenvalue weighted by atomic mass is 16.5. The van der Waals surface area contributed by atoms with Crippen LogP contribution < -0.4 is 5.32 Å². The van der Waals surface area contributed by atoms with Crippen LogP contribution in [0.3, 0.4) is 0 Å². The average molecular weight is 198 g/mol. The van der Waals surface area contributed by atoms with Crippen molar-refractivity contribution in [1.82, 2.24) is 20.1 Å². The second kappa shape index (κ2) is 5.72. The fourth-order valence-electron chi connectivity index (χ4n) is 1.31. The Morgan fingerprint density at radius 3 is 3.00 bits per heavy atom. The molecule has 0 aromatic carbocycles. The minimum absolute atomic E-state index is 0.236. The highest BCUT2D eigenvalue weighted by molar-refractivity contribution is 4.91. The summed E-state index contributed by atoms with van der Waals surface area (Å²) in [5.41, 5.74) is 0. The third-order valence-electron chi connectivity index (χ3n) is 2.11. The van der Waals surface area contributed by atoms with Gasteiger partial charge in [0.25, 0.3) is 0 Å². The summed E-state index contributed by atoms with van der Waals surface area (Å²) in [6, 6.07) is 0.236. The monoisotopic (exact) mass is 198 g/mol. The molecule has 0 saturated heterocycles. The van der Waals surface area contributed by atoms with Gasteiger partial charge in [0, 0.05) is 20.8 Å². The van der Waals surface area contributed by atoms with E-state index in [0.717, 1.165) is 25.4 Å². The van der Waals surface area contributed by atoms with Gasteiger partial charge in [0.05, 0.1) is 6.04 Å². The Bertz CT molecular complexity index is 261. The number of aromatic nitrogens is 3. The summed E-state index contributed by atoms with van der Waals surface area (Å²) in [4.78, 5) is 0. The van der Waals surface area contributed by atoms with Crippen molar-refractivity contribution in [3.63, 3.8) is 0 Å². The topological polar surface area (TPSA) is 52.0 Å². The van der Waals surface area contributed by atoms with Crippen molar-refractivity contribution in [3.05, 3.63) is 12.2 Å². The molecule has 1 N–H and O–H groups in total. The van der Waals surface area contributed by atoms with Crippen LogP contribution >= 0.6 is 0 Å². The molecule has 1 aromatic heterocycles. The van der Waals surface area contributed by atoms with E-state index in [-0.39, 0.29) is 6.04 Å². The van der Waals surface area contributed by atoms with Gasteiger partial charge in [0.2, 0.25) is 0 Å². The largest absolute Gasteiger partial charge is 0.385 e. The molecule has 0 fully saturated rings. The van der Waals surface area contributed by atoms with Crippen molar-refractivity contribution in [2.24, 2.45) is 7.05 Å².